The van der Waals surface area contributed by atoms with Crippen LogP contribution in [0, 0.1) is 0 Å². The number of carbonyl (C=O) groups excluding carboxylic acids is 1. The molecular weight excluding hydrogens is 216 g/mol. The van der Waals surface area contributed by atoms with E-state index in [4.69, 9.17) is 0 Å². The molecule has 4 nitrogen and oxygen atoms in total. The first-order valence-electron chi connectivity index (χ1n) is 5.83. The second-order valence-electron chi connectivity index (χ2n) is 4.03. The van der Waals surface area contributed by atoms with Gasteiger partial charge in [0.25, 0.3) is 0 Å². The third-order valence-corrected chi connectivity index (χ3v) is 2.69. The predicted molar refractivity (Wildman–Crippen MR) is 67.9 cm³/mol. The smallest absolute Gasteiger partial charge is 0.317 e. The molecule has 4 heteroatoms. The fourth-order valence-electron chi connectivity index (χ4n) is 1.49. The summed E-state index contributed by atoms with van der Waals surface area (Å²) in [7, 11) is 1.73. The molecule has 0 aromatic heterocycles. The minimum Gasteiger partial charge on any atom is -0.394 e. The lowest BCUT2D eigenvalue weighted by Crippen LogP contribution is -2.45. The van der Waals surface area contributed by atoms with Gasteiger partial charge in [0.15, 0.2) is 0 Å². The van der Waals surface area contributed by atoms with Crippen molar-refractivity contribution in [1.82, 2.24) is 10.2 Å². The van der Waals surface area contributed by atoms with Crippen LogP contribution < -0.4 is 5.32 Å². The number of nitrogens with one attached hydrogen (secondary N) is 1. The Labute approximate surface area is 102 Å². The van der Waals surface area contributed by atoms with E-state index in [1.807, 2.05) is 37.3 Å². The van der Waals surface area contributed by atoms with Gasteiger partial charge in [-0.25, -0.2) is 4.79 Å². The maximum Gasteiger partial charge on any atom is 0.317 e. The number of hydrogen-bond acceptors (Lipinski definition) is 2. The summed E-state index contributed by atoms with van der Waals surface area (Å²) < 4.78 is 0. The molecule has 0 saturated heterocycles. The Kier molecular flexibility index (Phi) is 5.49. The van der Waals surface area contributed by atoms with Gasteiger partial charge in [0, 0.05) is 13.6 Å². The number of aliphatic hydroxyl groups is 1. The van der Waals surface area contributed by atoms with E-state index in [1.54, 1.807) is 11.9 Å². The van der Waals surface area contributed by atoms with Gasteiger partial charge in [-0.2, -0.15) is 0 Å². The van der Waals surface area contributed by atoms with E-state index < -0.39 is 0 Å². The summed E-state index contributed by atoms with van der Waals surface area (Å²) >= 11 is 0. The van der Waals surface area contributed by atoms with Crippen LogP contribution in [0.3, 0.4) is 0 Å². The van der Waals surface area contributed by atoms with Crippen molar-refractivity contribution in [2.24, 2.45) is 0 Å². The topological polar surface area (TPSA) is 52.6 Å². The maximum absolute atomic E-state index is 11.6. The van der Waals surface area contributed by atoms with E-state index in [2.05, 4.69) is 5.32 Å². The van der Waals surface area contributed by atoms with Gasteiger partial charge in [-0.1, -0.05) is 30.3 Å². The fraction of sp³-hybridized carbons (Fsp3) is 0.462. The van der Waals surface area contributed by atoms with Gasteiger partial charge in [-0.05, 0) is 18.9 Å². The molecule has 2 amide bonds. The Hall–Kier alpha value is -1.55. The molecule has 0 radical (unpaired) electrons. The zero-order chi connectivity index (χ0) is 12.7. The van der Waals surface area contributed by atoms with Crippen molar-refractivity contribution in [1.29, 1.82) is 0 Å². The molecule has 0 fully saturated rings. The molecule has 1 aromatic carbocycles. The SMILES string of the molecule is CCN(C)C(=O)N[C@H](CO)Cc1ccccc1. The predicted octanol–water partition coefficient (Wildman–Crippen LogP) is 1.25. The third-order valence-electron chi connectivity index (χ3n) is 2.69. The van der Waals surface area contributed by atoms with Crippen molar-refractivity contribution >= 4 is 6.03 Å². The minimum atomic E-state index is -0.237. The summed E-state index contributed by atoms with van der Waals surface area (Å²) in [5.41, 5.74) is 1.10. The van der Waals surface area contributed by atoms with Crippen LogP contribution in [0.25, 0.3) is 0 Å². The van der Waals surface area contributed by atoms with Crippen molar-refractivity contribution in [3.05, 3.63) is 35.9 Å². The highest BCUT2D eigenvalue weighted by atomic mass is 16.3. The number of aliphatic hydroxyl groups excluding tert-OH is 1. The van der Waals surface area contributed by atoms with Gasteiger partial charge in [0.05, 0.1) is 12.6 Å². The van der Waals surface area contributed by atoms with Crippen LogP contribution in [0.2, 0.25) is 0 Å². The number of urea groups is 1. The summed E-state index contributed by atoms with van der Waals surface area (Å²) in [5, 5.41) is 12.1. The number of carbonyl (C=O) groups is 1. The largest absolute Gasteiger partial charge is 0.394 e. The van der Waals surface area contributed by atoms with Crippen LogP contribution in [-0.4, -0.2) is 42.3 Å². The second-order valence-corrected chi connectivity index (χ2v) is 4.03. The number of rotatable bonds is 5. The molecule has 1 atom stereocenters. The van der Waals surface area contributed by atoms with Crippen molar-refractivity contribution < 1.29 is 9.90 Å². The summed E-state index contributed by atoms with van der Waals surface area (Å²) in [6.45, 7) is 2.50. The molecule has 0 bridgehead atoms. The Bertz CT molecular complexity index is 341. The molecule has 0 aliphatic carbocycles. The summed E-state index contributed by atoms with van der Waals surface area (Å²) in [6.07, 6.45) is 0.640. The van der Waals surface area contributed by atoms with E-state index in [0.717, 1.165) is 5.56 Å². The zero-order valence-corrected chi connectivity index (χ0v) is 10.4. The highest BCUT2D eigenvalue weighted by Gasteiger charge is 2.13. The Morgan fingerprint density at radius 1 is 1.41 bits per heavy atom. The lowest BCUT2D eigenvalue weighted by molar-refractivity contribution is 0.192. The molecular formula is C13H20N2O2. The van der Waals surface area contributed by atoms with Crippen LogP contribution in [0.1, 0.15) is 12.5 Å². The van der Waals surface area contributed by atoms with Crippen LogP contribution in [0.5, 0.6) is 0 Å². The molecule has 0 heterocycles. The molecule has 2 N–H and O–H groups in total. The highest BCUT2D eigenvalue weighted by molar-refractivity contribution is 5.74. The van der Waals surface area contributed by atoms with Gasteiger partial charge < -0.3 is 15.3 Å². The molecule has 0 unspecified atom stereocenters. The third kappa shape index (κ3) is 4.44. The molecule has 1 rings (SSSR count). The van der Waals surface area contributed by atoms with Crippen LogP contribution in [0.15, 0.2) is 30.3 Å². The Balaban J connectivity index is 2.52. The second kappa shape index (κ2) is 6.91. The summed E-state index contributed by atoms with van der Waals surface area (Å²) in [6, 6.07) is 9.42. The average molecular weight is 236 g/mol. The highest BCUT2D eigenvalue weighted by Crippen LogP contribution is 2.03. The molecule has 0 aliphatic rings. The normalized spacial score (nSPS) is 11.9. The molecule has 0 saturated carbocycles. The lowest BCUT2D eigenvalue weighted by atomic mass is 10.1. The first-order chi connectivity index (χ1) is 8.17. The number of benzene rings is 1. The first kappa shape index (κ1) is 13.5. The minimum absolute atomic E-state index is 0.0574. The molecule has 1 aromatic rings. The van der Waals surface area contributed by atoms with Crippen molar-refractivity contribution in [2.45, 2.75) is 19.4 Å². The fourth-order valence-corrected chi connectivity index (χ4v) is 1.49. The quantitative estimate of drug-likeness (QED) is 0.808. The van der Waals surface area contributed by atoms with Gasteiger partial charge >= 0.3 is 6.03 Å². The van der Waals surface area contributed by atoms with Gasteiger partial charge in [-0.15, -0.1) is 0 Å². The summed E-state index contributed by atoms with van der Waals surface area (Å²) in [4.78, 5) is 13.2. The Morgan fingerprint density at radius 2 is 2.06 bits per heavy atom. The van der Waals surface area contributed by atoms with E-state index in [-0.39, 0.29) is 18.7 Å². The van der Waals surface area contributed by atoms with Crippen LogP contribution >= 0.6 is 0 Å². The van der Waals surface area contributed by atoms with Crippen molar-refractivity contribution in [3.8, 4) is 0 Å². The van der Waals surface area contributed by atoms with Gasteiger partial charge in [-0.3, -0.25) is 0 Å². The van der Waals surface area contributed by atoms with Crippen LogP contribution in [-0.2, 0) is 6.42 Å². The molecule has 94 valence electrons. The van der Waals surface area contributed by atoms with Crippen LogP contribution in [0.4, 0.5) is 4.79 Å². The van der Waals surface area contributed by atoms with E-state index in [1.165, 1.54) is 0 Å². The van der Waals surface area contributed by atoms with E-state index >= 15 is 0 Å². The van der Waals surface area contributed by atoms with E-state index in [0.29, 0.717) is 13.0 Å². The first-order valence-corrected chi connectivity index (χ1v) is 5.83. The van der Waals surface area contributed by atoms with Gasteiger partial charge in [0.2, 0.25) is 0 Å². The zero-order valence-electron chi connectivity index (χ0n) is 10.4. The molecule has 0 spiro atoms. The Morgan fingerprint density at radius 3 is 2.59 bits per heavy atom. The van der Waals surface area contributed by atoms with Gasteiger partial charge in [0.1, 0.15) is 0 Å². The monoisotopic (exact) mass is 236 g/mol. The van der Waals surface area contributed by atoms with Crippen molar-refractivity contribution in [2.75, 3.05) is 20.2 Å². The number of amides is 2. The van der Waals surface area contributed by atoms with Crippen molar-refractivity contribution in [3.63, 3.8) is 0 Å². The summed E-state index contributed by atoms with van der Waals surface area (Å²) in [5.74, 6) is 0. The number of nitrogens with zero attached hydrogens (tertiary/aromatic N) is 1. The number of hydrogen-bond donors (Lipinski definition) is 2. The lowest BCUT2D eigenvalue weighted by Gasteiger charge is -2.21. The molecule has 17 heavy (non-hydrogen) atoms. The van der Waals surface area contributed by atoms with E-state index in [9.17, 15) is 9.90 Å². The maximum atomic E-state index is 11.6. The standard InChI is InChI=1S/C13H20N2O2/c1-3-15(2)13(17)14-12(10-16)9-11-7-5-4-6-8-11/h4-8,12,16H,3,9-10H2,1-2H3,(H,14,17)/t12-/m0/s1. The average Bonchev–Trinajstić information content (AvgIpc) is 2.38. The molecule has 0 aliphatic heterocycles.